The number of carbonyl (C=O) groups excluding carboxylic acids is 1. The number of hydrogen-bond acceptors (Lipinski definition) is 4. The zero-order valence-corrected chi connectivity index (χ0v) is 15.3. The highest BCUT2D eigenvalue weighted by atomic mass is 35.5. The molecule has 25 heavy (non-hydrogen) atoms. The van der Waals surface area contributed by atoms with Gasteiger partial charge in [0.1, 0.15) is 5.82 Å². The van der Waals surface area contributed by atoms with Crippen LogP contribution in [0, 0.1) is 5.92 Å². The van der Waals surface area contributed by atoms with Gasteiger partial charge in [-0.15, -0.1) is 0 Å². The van der Waals surface area contributed by atoms with E-state index in [9.17, 15) is 4.79 Å². The fourth-order valence-electron chi connectivity index (χ4n) is 3.01. The molecule has 0 aliphatic carbocycles. The summed E-state index contributed by atoms with van der Waals surface area (Å²) in [5.74, 6) is 1.06. The van der Waals surface area contributed by atoms with Crippen molar-refractivity contribution >= 4 is 34.7 Å². The lowest BCUT2D eigenvalue weighted by Gasteiger charge is -2.32. The molecule has 6 heteroatoms. The van der Waals surface area contributed by atoms with Crippen molar-refractivity contribution in [2.75, 3.05) is 42.3 Å². The number of aromatic nitrogens is 1. The molecule has 132 valence electrons. The normalized spacial score (nSPS) is 15.1. The van der Waals surface area contributed by atoms with Crippen LogP contribution in [-0.4, -0.2) is 38.1 Å². The van der Waals surface area contributed by atoms with Crippen LogP contribution in [0.1, 0.15) is 12.8 Å². The van der Waals surface area contributed by atoms with Gasteiger partial charge in [0.05, 0.1) is 5.02 Å². The van der Waals surface area contributed by atoms with Crippen molar-refractivity contribution in [3.63, 3.8) is 0 Å². The smallest absolute Gasteiger partial charge is 0.227 e. The third-order valence-electron chi connectivity index (χ3n) is 4.55. The standard InChI is InChI=1S/C19H23ClN4O/c1-23(2)17-6-4-16(5-7-17)22-19(25)14-9-11-24(12-10-14)18-8-3-15(20)13-21-18/h3-8,13-14H,9-12H2,1-2H3,(H,22,25). The van der Waals surface area contributed by atoms with Crippen molar-refractivity contribution in [3.05, 3.63) is 47.6 Å². The van der Waals surface area contributed by atoms with E-state index in [-0.39, 0.29) is 11.8 Å². The van der Waals surface area contributed by atoms with E-state index in [4.69, 9.17) is 11.6 Å². The highest BCUT2D eigenvalue weighted by Gasteiger charge is 2.25. The Hall–Kier alpha value is -2.27. The van der Waals surface area contributed by atoms with Crippen molar-refractivity contribution < 1.29 is 4.79 Å². The number of pyridine rings is 1. The van der Waals surface area contributed by atoms with E-state index in [2.05, 4.69) is 15.2 Å². The molecule has 1 aromatic carbocycles. The Morgan fingerprint density at radius 2 is 1.84 bits per heavy atom. The summed E-state index contributed by atoms with van der Waals surface area (Å²) in [5, 5.41) is 3.67. The fraction of sp³-hybridized carbons (Fsp3) is 0.368. The van der Waals surface area contributed by atoms with Gasteiger partial charge in [0, 0.05) is 50.7 Å². The second-order valence-electron chi connectivity index (χ2n) is 6.53. The highest BCUT2D eigenvalue weighted by Crippen LogP contribution is 2.24. The van der Waals surface area contributed by atoms with Crippen LogP contribution < -0.4 is 15.1 Å². The summed E-state index contributed by atoms with van der Waals surface area (Å²) in [4.78, 5) is 21.1. The Morgan fingerprint density at radius 1 is 1.16 bits per heavy atom. The number of nitrogens with zero attached hydrogens (tertiary/aromatic N) is 3. The minimum Gasteiger partial charge on any atom is -0.378 e. The second kappa shape index (κ2) is 7.74. The van der Waals surface area contributed by atoms with Gasteiger partial charge in [0.15, 0.2) is 0 Å². The molecule has 1 fully saturated rings. The van der Waals surface area contributed by atoms with Crippen molar-refractivity contribution in [2.45, 2.75) is 12.8 Å². The van der Waals surface area contributed by atoms with Crippen LogP contribution >= 0.6 is 11.6 Å². The lowest BCUT2D eigenvalue weighted by molar-refractivity contribution is -0.120. The number of rotatable bonds is 4. The maximum atomic E-state index is 12.5. The zero-order chi connectivity index (χ0) is 17.8. The Bertz CT molecular complexity index is 707. The monoisotopic (exact) mass is 358 g/mol. The first-order chi connectivity index (χ1) is 12.0. The minimum atomic E-state index is 0.0390. The van der Waals surface area contributed by atoms with Crippen molar-refractivity contribution in [1.29, 1.82) is 0 Å². The molecule has 1 N–H and O–H groups in total. The summed E-state index contributed by atoms with van der Waals surface area (Å²) in [6, 6.07) is 11.7. The average molecular weight is 359 g/mol. The molecule has 1 aromatic heterocycles. The molecule has 0 spiro atoms. The predicted octanol–water partition coefficient (Wildman–Crippen LogP) is 3.66. The van der Waals surface area contributed by atoms with Gasteiger partial charge in [-0.3, -0.25) is 4.79 Å². The summed E-state index contributed by atoms with van der Waals surface area (Å²) in [6.45, 7) is 1.65. The molecule has 0 saturated carbocycles. The summed E-state index contributed by atoms with van der Waals surface area (Å²) in [7, 11) is 3.99. The van der Waals surface area contributed by atoms with E-state index in [0.717, 1.165) is 43.1 Å². The molecular formula is C19H23ClN4O. The molecule has 2 aromatic rings. The molecule has 0 atom stereocenters. The maximum Gasteiger partial charge on any atom is 0.227 e. The first kappa shape index (κ1) is 17.5. The van der Waals surface area contributed by atoms with E-state index >= 15 is 0 Å². The van der Waals surface area contributed by atoms with Gasteiger partial charge in [-0.05, 0) is 49.2 Å². The summed E-state index contributed by atoms with van der Waals surface area (Å²) in [6.07, 6.45) is 3.31. The molecular weight excluding hydrogens is 336 g/mol. The topological polar surface area (TPSA) is 48.5 Å². The Labute approximate surface area is 153 Å². The number of nitrogens with one attached hydrogen (secondary N) is 1. The van der Waals surface area contributed by atoms with E-state index in [1.165, 1.54) is 0 Å². The summed E-state index contributed by atoms with van der Waals surface area (Å²) >= 11 is 5.88. The lowest BCUT2D eigenvalue weighted by Crippen LogP contribution is -2.38. The molecule has 0 bridgehead atoms. The molecule has 1 saturated heterocycles. The van der Waals surface area contributed by atoms with E-state index in [1.54, 1.807) is 6.20 Å². The Morgan fingerprint density at radius 3 is 2.40 bits per heavy atom. The van der Waals surface area contributed by atoms with Crippen molar-refractivity contribution in [1.82, 2.24) is 4.98 Å². The molecule has 1 aliphatic heterocycles. The Balaban J connectivity index is 1.53. The molecule has 3 rings (SSSR count). The van der Waals surface area contributed by atoms with Crippen molar-refractivity contribution in [3.8, 4) is 0 Å². The van der Waals surface area contributed by atoms with Crippen LogP contribution in [0.4, 0.5) is 17.2 Å². The average Bonchev–Trinajstić information content (AvgIpc) is 2.63. The van der Waals surface area contributed by atoms with E-state index in [0.29, 0.717) is 5.02 Å². The van der Waals surface area contributed by atoms with Gasteiger partial charge < -0.3 is 15.1 Å². The molecule has 0 unspecified atom stereocenters. The number of carbonyl (C=O) groups is 1. The second-order valence-corrected chi connectivity index (χ2v) is 6.96. The highest BCUT2D eigenvalue weighted by molar-refractivity contribution is 6.30. The first-order valence-corrected chi connectivity index (χ1v) is 8.85. The third-order valence-corrected chi connectivity index (χ3v) is 4.78. The maximum absolute atomic E-state index is 12.5. The van der Waals surface area contributed by atoms with E-state index in [1.807, 2.05) is 55.4 Å². The Kier molecular flexibility index (Phi) is 5.43. The lowest BCUT2D eigenvalue weighted by atomic mass is 9.95. The van der Waals surface area contributed by atoms with Crippen LogP contribution in [0.15, 0.2) is 42.6 Å². The van der Waals surface area contributed by atoms with Gasteiger partial charge in [-0.1, -0.05) is 11.6 Å². The number of amides is 1. The van der Waals surface area contributed by atoms with Crippen LogP contribution in [0.25, 0.3) is 0 Å². The summed E-state index contributed by atoms with van der Waals surface area (Å²) in [5.41, 5.74) is 1.96. The zero-order valence-electron chi connectivity index (χ0n) is 14.6. The predicted molar refractivity (Wildman–Crippen MR) is 104 cm³/mol. The minimum absolute atomic E-state index is 0.0390. The van der Waals surface area contributed by atoms with Gasteiger partial charge in [0.25, 0.3) is 0 Å². The quantitative estimate of drug-likeness (QED) is 0.906. The molecule has 1 aliphatic rings. The largest absolute Gasteiger partial charge is 0.378 e. The fourth-order valence-corrected chi connectivity index (χ4v) is 3.12. The van der Waals surface area contributed by atoms with Gasteiger partial charge in [-0.25, -0.2) is 4.98 Å². The third kappa shape index (κ3) is 4.42. The van der Waals surface area contributed by atoms with Crippen molar-refractivity contribution in [2.24, 2.45) is 5.92 Å². The van der Waals surface area contributed by atoms with Crippen LogP contribution in [0.2, 0.25) is 5.02 Å². The van der Waals surface area contributed by atoms with Crippen LogP contribution in [0.3, 0.4) is 0 Å². The number of piperidine rings is 1. The SMILES string of the molecule is CN(C)c1ccc(NC(=O)C2CCN(c3ccc(Cl)cn3)CC2)cc1. The molecule has 0 radical (unpaired) electrons. The first-order valence-electron chi connectivity index (χ1n) is 8.47. The van der Waals surface area contributed by atoms with Crippen LogP contribution in [-0.2, 0) is 4.79 Å². The summed E-state index contributed by atoms with van der Waals surface area (Å²) < 4.78 is 0. The number of hydrogen-bond donors (Lipinski definition) is 1. The molecule has 5 nitrogen and oxygen atoms in total. The number of halogens is 1. The van der Waals surface area contributed by atoms with E-state index < -0.39 is 0 Å². The molecule has 2 heterocycles. The molecule has 1 amide bonds. The van der Waals surface area contributed by atoms with Gasteiger partial charge >= 0.3 is 0 Å². The number of anilines is 3. The van der Waals surface area contributed by atoms with Gasteiger partial charge in [-0.2, -0.15) is 0 Å². The van der Waals surface area contributed by atoms with Gasteiger partial charge in [0.2, 0.25) is 5.91 Å². The van der Waals surface area contributed by atoms with Crippen LogP contribution in [0.5, 0.6) is 0 Å². The number of benzene rings is 1.